The lowest BCUT2D eigenvalue weighted by Gasteiger charge is -2.32. The maximum atomic E-state index is 6.57. The van der Waals surface area contributed by atoms with Gasteiger partial charge in [-0.25, -0.2) is 15.0 Å². The molecule has 2 aromatic heterocycles. The number of furan rings is 1. The third kappa shape index (κ3) is 4.89. The van der Waals surface area contributed by atoms with Crippen molar-refractivity contribution in [1.29, 1.82) is 0 Å². The predicted molar refractivity (Wildman–Crippen MR) is 185 cm³/mol. The van der Waals surface area contributed by atoms with E-state index in [9.17, 15) is 0 Å². The smallest absolute Gasteiger partial charge is 0.456 e. The summed E-state index contributed by atoms with van der Waals surface area (Å²) in [6.07, 6.45) is 0. The Labute approximate surface area is 268 Å². The SMILES string of the molecule is CC1(C)OB(c2cc3c(cc2-c2ccc(-c4nc(-c5ccccc5)nc(-c5ccccc5)n4)cc2)oc2ccccc23)OC1(C)C. The van der Waals surface area contributed by atoms with Gasteiger partial charge in [0.2, 0.25) is 0 Å². The molecule has 1 fully saturated rings. The Bertz CT molecular complexity index is 2140. The molecule has 0 spiro atoms. The van der Waals surface area contributed by atoms with Crippen molar-refractivity contribution in [1.82, 2.24) is 15.0 Å². The average molecular weight is 602 g/mol. The highest BCUT2D eigenvalue weighted by Crippen LogP contribution is 2.39. The highest BCUT2D eigenvalue weighted by molar-refractivity contribution is 6.64. The second-order valence-electron chi connectivity index (χ2n) is 12.7. The molecule has 7 aromatic rings. The van der Waals surface area contributed by atoms with Crippen LogP contribution in [0.4, 0.5) is 0 Å². The number of hydrogen-bond acceptors (Lipinski definition) is 6. The lowest BCUT2D eigenvalue weighted by atomic mass is 9.73. The first-order valence-corrected chi connectivity index (χ1v) is 15.5. The summed E-state index contributed by atoms with van der Waals surface area (Å²) in [4.78, 5) is 14.6. The third-order valence-electron chi connectivity index (χ3n) is 9.21. The van der Waals surface area contributed by atoms with Crippen molar-refractivity contribution < 1.29 is 13.7 Å². The highest BCUT2D eigenvalue weighted by Gasteiger charge is 2.52. The van der Waals surface area contributed by atoms with Crippen LogP contribution >= 0.6 is 0 Å². The molecule has 46 heavy (non-hydrogen) atoms. The van der Waals surface area contributed by atoms with Crippen molar-refractivity contribution in [2.24, 2.45) is 0 Å². The molecular weight excluding hydrogens is 569 g/mol. The summed E-state index contributed by atoms with van der Waals surface area (Å²) in [7, 11) is -0.539. The second-order valence-corrected chi connectivity index (χ2v) is 12.7. The molecule has 1 aliphatic rings. The molecule has 0 saturated carbocycles. The fourth-order valence-electron chi connectivity index (χ4n) is 5.94. The predicted octanol–water partition coefficient (Wildman–Crippen LogP) is 8.74. The normalized spacial score (nSPS) is 15.5. The molecule has 1 saturated heterocycles. The van der Waals surface area contributed by atoms with Crippen molar-refractivity contribution in [3.05, 3.63) is 121 Å². The minimum absolute atomic E-state index is 0.474. The first-order valence-electron chi connectivity index (χ1n) is 15.5. The van der Waals surface area contributed by atoms with E-state index in [4.69, 9.17) is 28.7 Å². The lowest BCUT2D eigenvalue weighted by Crippen LogP contribution is -2.41. The summed E-state index contributed by atoms with van der Waals surface area (Å²) < 4.78 is 19.5. The topological polar surface area (TPSA) is 70.3 Å². The number of para-hydroxylation sites is 1. The molecule has 0 unspecified atom stereocenters. The third-order valence-corrected chi connectivity index (χ3v) is 9.21. The van der Waals surface area contributed by atoms with Gasteiger partial charge in [0.25, 0.3) is 0 Å². The molecule has 0 amide bonds. The molecule has 224 valence electrons. The van der Waals surface area contributed by atoms with E-state index in [-0.39, 0.29) is 0 Å². The Morgan fingerprint density at radius 3 is 1.52 bits per heavy atom. The van der Waals surface area contributed by atoms with Crippen LogP contribution in [-0.4, -0.2) is 33.3 Å². The quantitative estimate of drug-likeness (QED) is 0.184. The van der Waals surface area contributed by atoms with E-state index >= 15 is 0 Å². The van der Waals surface area contributed by atoms with Crippen LogP contribution in [0.2, 0.25) is 0 Å². The van der Waals surface area contributed by atoms with Crippen molar-refractivity contribution in [3.63, 3.8) is 0 Å². The molecule has 5 aromatic carbocycles. The molecule has 7 heteroatoms. The van der Waals surface area contributed by atoms with Gasteiger partial charge in [0.15, 0.2) is 17.5 Å². The molecule has 0 aliphatic carbocycles. The molecule has 0 atom stereocenters. The standard InChI is InChI=1S/C39H32BN3O3/c1-38(2)39(3,4)46-40(45-38)32-23-31-29-17-11-12-18-33(29)44-34(31)24-30(32)25-19-21-28(22-20-25)37-42-35(26-13-7-5-8-14-26)41-36(43-37)27-15-9-6-10-16-27/h5-24H,1-4H3. The molecule has 0 radical (unpaired) electrons. The molecule has 0 N–H and O–H groups in total. The molecule has 1 aliphatic heterocycles. The first kappa shape index (κ1) is 28.4. The Kier molecular flexibility index (Phi) is 6.64. The van der Waals surface area contributed by atoms with Crippen LogP contribution in [0.1, 0.15) is 27.7 Å². The van der Waals surface area contributed by atoms with Crippen molar-refractivity contribution >= 4 is 34.5 Å². The molecule has 8 rings (SSSR count). The Morgan fingerprint density at radius 1 is 0.478 bits per heavy atom. The number of hydrogen-bond donors (Lipinski definition) is 0. The Balaban J connectivity index is 1.25. The van der Waals surface area contributed by atoms with Crippen LogP contribution in [0.15, 0.2) is 126 Å². The zero-order chi connectivity index (χ0) is 31.5. The van der Waals surface area contributed by atoms with Gasteiger partial charge in [-0.1, -0.05) is 109 Å². The van der Waals surface area contributed by atoms with Gasteiger partial charge in [-0.15, -0.1) is 0 Å². The minimum atomic E-state index is -0.539. The Hall–Kier alpha value is -5.11. The summed E-state index contributed by atoms with van der Waals surface area (Å²) in [6, 6.07) is 40.7. The van der Waals surface area contributed by atoms with Gasteiger partial charge >= 0.3 is 7.12 Å². The monoisotopic (exact) mass is 601 g/mol. The number of benzene rings is 5. The van der Waals surface area contributed by atoms with Gasteiger partial charge in [-0.2, -0.15) is 0 Å². The summed E-state index contributed by atoms with van der Waals surface area (Å²) in [5.41, 5.74) is 6.44. The number of aromatic nitrogens is 3. The highest BCUT2D eigenvalue weighted by atomic mass is 16.7. The minimum Gasteiger partial charge on any atom is -0.456 e. The largest absolute Gasteiger partial charge is 0.495 e. The van der Waals surface area contributed by atoms with Gasteiger partial charge in [0.1, 0.15) is 11.2 Å². The van der Waals surface area contributed by atoms with E-state index in [0.717, 1.165) is 55.2 Å². The summed E-state index contributed by atoms with van der Waals surface area (Å²) in [5, 5.41) is 2.10. The number of rotatable bonds is 5. The van der Waals surface area contributed by atoms with Crippen molar-refractivity contribution in [2.45, 2.75) is 38.9 Å². The van der Waals surface area contributed by atoms with Gasteiger partial charge in [0.05, 0.1) is 11.2 Å². The maximum Gasteiger partial charge on any atom is 0.495 e. The number of fused-ring (bicyclic) bond motifs is 3. The summed E-state index contributed by atoms with van der Waals surface area (Å²) >= 11 is 0. The van der Waals surface area contributed by atoms with E-state index < -0.39 is 18.3 Å². The van der Waals surface area contributed by atoms with Crippen molar-refractivity contribution in [2.75, 3.05) is 0 Å². The fourth-order valence-corrected chi connectivity index (χ4v) is 5.94. The van der Waals surface area contributed by atoms with Crippen LogP contribution in [0.5, 0.6) is 0 Å². The molecule has 0 bridgehead atoms. The van der Waals surface area contributed by atoms with Crippen molar-refractivity contribution in [3.8, 4) is 45.3 Å². The molecule has 3 heterocycles. The van der Waals surface area contributed by atoms with Crippen LogP contribution in [0.3, 0.4) is 0 Å². The zero-order valence-corrected chi connectivity index (χ0v) is 26.2. The maximum absolute atomic E-state index is 6.57. The van der Waals surface area contributed by atoms with Gasteiger partial charge in [-0.05, 0) is 56.4 Å². The number of nitrogens with zero attached hydrogens (tertiary/aromatic N) is 3. The Morgan fingerprint density at radius 2 is 0.957 bits per heavy atom. The van der Waals surface area contributed by atoms with Crippen LogP contribution in [-0.2, 0) is 9.31 Å². The van der Waals surface area contributed by atoms with Gasteiger partial charge in [0, 0.05) is 27.5 Å². The molecular formula is C39H32BN3O3. The van der Waals surface area contributed by atoms with E-state index in [1.165, 1.54) is 0 Å². The van der Waals surface area contributed by atoms with E-state index in [0.29, 0.717) is 17.5 Å². The average Bonchev–Trinajstić information content (AvgIpc) is 3.56. The van der Waals surface area contributed by atoms with Gasteiger partial charge in [-0.3, -0.25) is 0 Å². The van der Waals surface area contributed by atoms with Crippen LogP contribution in [0, 0.1) is 0 Å². The van der Waals surface area contributed by atoms with Crippen LogP contribution < -0.4 is 5.46 Å². The van der Waals surface area contributed by atoms with Gasteiger partial charge < -0.3 is 13.7 Å². The van der Waals surface area contributed by atoms with E-state index in [1.54, 1.807) is 0 Å². The molecule has 6 nitrogen and oxygen atoms in total. The summed E-state index contributed by atoms with van der Waals surface area (Å²) in [6.45, 7) is 8.31. The second kappa shape index (κ2) is 10.8. The fraction of sp³-hybridized carbons (Fsp3) is 0.154. The zero-order valence-electron chi connectivity index (χ0n) is 26.2. The van der Waals surface area contributed by atoms with E-state index in [1.807, 2.05) is 78.9 Å². The lowest BCUT2D eigenvalue weighted by molar-refractivity contribution is 0.00578. The first-order chi connectivity index (χ1) is 22.3. The van der Waals surface area contributed by atoms with E-state index in [2.05, 4.69) is 70.2 Å². The van der Waals surface area contributed by atoms with Crippen LogP contribution in [0.25, 0.3) is 67.2 Å². The summed E-state index contributed by atoms with van der Waals surface area (Å²) in [5.74, 6) is 1.87.